The Balaban J connectivity index is 1.78. The van der Waals surface area contributed by atoms with Gasteiger partial charge >= 0.3 is 0 Å². The molecule has 148 valence electrons. The number of ether oxygens (including phenoxy) is 1. The van der Waals surface area contributed by atoms with Crippen LogP contribution in [0, 0.1) is 0 Å². The van der Waals surface area contributed by atoms with Crippen LogP contribution in [0.3, 0.4) is 0 Å². The van der Waals surface area contributed by atoms with Crippen molar-refractivity contribution in [1.29, 1.82) is 0 Å². The fraction of sp³-hybridized carbons (Fsp3) is 0.174. The van der Waals surface area contributed by atoms with Crippen LogP contribution < -0.4 is 10.1 Å². The van der Waals surface area contributed by atoms with Crippen LogP contribution in [0.25, 0.3) is 0 Å². The Morgan fingerprint density at radius 2 is 1.69 bits per heavy atom. The van der Waals surface area contributed by atoms with E-state index >= 15 is 0 Å². The Morgan fingerprint density at radius 1 is 0.966 bits per heavy atom. The van der Waals surface area contributed by atoms with Crippen LogP contribution in [-0.4, -0.2) is 17.9 Å². The molecule has 1 aliphatic rings. The van der Waals surface area contributed by atoms with Crippen LogP contribution in [-0.2, 0) is 0 Å². The Hall–Kier alpha value is -2.53. The van der Waals surface area contributed by atoms with Gasteiger partial charge in [0.2, 0.25) is 0 Å². The number of methoxy groups -OCH3 is 1. The molecule has 1 heterocycles. The van der Waals surface area contributed by atoms with Gasteiger partial charge in [0.25, 0.3) is 0 Å². The molecule has 0 amide bonds. The maximum Gasteiger partial charge on any atom is 0.162 e. The van der Waals surface area contributed by atoms with Crippen LogP contribution in [0.15, 0.2) is 71.7 Å². The van der Waals surface area contributed by atoms with Crippen molar-refractivity contribution in [3.05, 3.63) is 93.5 Å². The lowest BCUT2D eigenvalue weighted by molar-refractivity contribution is 0.360. The fourth-order valence-electron chi connectivity index (χ4n) is 3.56. The van der Waals surface area contributed by atoms with E-state index in [0.29, 0.717) is 22.2 Å². The highest BCUT2D eigenvalue weighted by Crippen LogP contribution is 2.39. The van der Waals surface area contributed by atoms with Crippen LogP contribution in [0.2, 0.25) is 10.0 Å². The van der Waals surface area contributed by atoms with E-state index in [2.05, 4.69) is 5.32 Å². The molecule has 0 radical (unpaired) electrons. The molecule has 3 aromatic rings. The second kappa shape index (κ2) is 8.46. The third-order valence-corrected chi connectivity index (χ3v) is 5.64. The molecule has 2 atom stereocenters. The van der Waals surface area contributed by atoms with E-state index in [0.717, 1.165) is 22.4 Å². The van der Waals surface area contributed by atoms with Crippen LogP contribution in [0.1, 0.15) is 35.3 Å². The molecule has 0 fully saturated rings. The molecular formula is C23H20Cl2N2O2. The average molecular weight is 427 g/mol. The van der Waals surface area contributed by atoms with Gasteiger partial charge in [-0.05, 0) is 29.8 Å². The zero-order chi connectivity index (χ0) is 20.4. The van der Waals surface area contributed by atoms with Gasteiger partial charge < -0.3 is 9.84 Å². The smallest absolute Gasteiger partial charge is 0.162 e. The monoisotopic (exact) mass is 426 g/mol. The van der Waals surface area contributed by atoms with Gasteiger partial charge in [-0.25, -0.2) is 0 Å². The van der Waals surface area contributed by atoms with E-state index in [9.17, 15) is 5.11 Å². The summed E-state index contributed by atoms with van der Waals surface area (Å²) in [5.74, 6) is 0.567. The topological polar surface area (TPSA) is 53.8 Å². The van der Waals surface area contributed by atoms with Crippen molar-refractivity contribution in [3.8, 4) is 11.5 Å². The highest BCUT2D eigenvalue weighted by atomic mass is 35.5. The van der Waals surface area contributed by atoms with Crippen LogP contribution in [0.4, 0.5) is 0 Å². The van der Waals surface area contributed by atoms with E-state index in [1.807, 2.05) is 60.7 Å². The summed E-state index contributed by atoms with van der Waals surface area (Å²) in [6.45, 7) is 0. The summed E-state index contributed by atoms with van der Waals surface area (Å²) in [5.41, 5.74) is 3.54. The van der Waals surface area contributed by atoms with Crippen molar-refractivity contribution in [1.82, 2.24) is 5.32 Å². The van der Waals surface area contributed by atoms with Crippen molar-refractivity contribution in [2.75, 3.05) is 7.11 Å². The third kappa shape index (κ3) is 4.10. The summed E-state index contributed by atoms with van der Waals surface area (Å²) in [5, 5.41) is 15.5. The van der Waals surface area contributed by atoms with Gasteiger partial charge in [0.1, 0.15) is 6.17 Å². The maximum atomic E-state index is 10.7. The van der Waals surface area contributed by atoms with Gasteiger partial charge in [-0.2, -0.15) is 0 Å². The lowest BCUT2D eigenvalue weighted by Crippen LogP contribution is -2.33. The second-order valence-electron chi connectivity index (χ2n) is 6.83. The first-order valence-electron chi connectivity index (χ1n) is 9.25. The number of hydrogen-bond acceptors (Lipinski definition) is 4. The summed E-state index contributed by atoms with van der Waals surface area (Å²) in [6.07, 6.45) is 0.252. The predicted molar refractivity (Wildman–Crippen MR) is 117 cm³/mol. The van der Waals surface area contributed by atoms with E-state index < -0.39 is 0 Å². The Morgan fingerprint density at radius 3 is 2.41 bits per heavy atom. The first kappa shape index (κ1) is 19.8. The highest BCUT2D eigenvalue weighted by Gasteiger charge is 2.29. The zero-order valence-corrected chi connectivity index (χ0v) is 17.3. The van der Waals surface area contributed by atoms with Crippen molar-refractivity contribution in [3.63, 3.8) is 0 Å². The number of nitrogens with one attached hydrogen (secondary N) is 1. The first-order chi connectivity index (χ1) is 14.1. The lowest BCUT2D eigenvalue weighted by Gasteiger charge is -2.31. The van der Waals surface area contributed by atoms with Crippen molar-refractivity contribution in [2.24, 2.45) is 4.99 Å². The molecule has 0 unspecified atom stereocenters. The minimum atomic E-state index is -0.348. The summed E-state index contributed by atoms with van der Waals surface area (Å²) < 4.78 is 5.29. The number of hydrogen-bond donors (Lipinski definition) is 2. The molecule has 1 aliphatic heterocycles. The number of rotatable bonds is 4. The standard InChI is InChI=1S/C23H20Cl2N2O2/c1-29-21-8-4-6-17(22(21)28)20-13-19(14-9-11-15(24)12-10-14)26-23(27-20)16-5-2-3-7-18(16)25/h2-12,20,23,27-28H,13H2,1H3/t20-,23+/m1/s1. The summed E-state index contributed by atoms with van der Waals surface area (Å²) in [7, 11) is 1.54. The Kier molecular flexibility index (Phi) is 5.76. The maximum absolute atomic E-state index is 10.7. The Labute approximate surface area is 179 Å². The molecule has 4 rings (SSSR count). The fourth-order valence-corrected chi connectivity index (χ4v) is 3.93. The quantitative estimate of drug-likeness (QED) is 0.543. The van der Waals surface area contributed by atoms with Crippen molar-refractivity contribution in [2.45, 2.75) is 18.6 Å². The third-order valence-electron chi connectivity index (χ3n) is 5.04. The zero-order valence-electron chi connectivity index (χ0n) is 15.8. The van der Waals surface area contributed by atoms with Gasteiger partial charge in [0, 0.05) is 39.3 Å². The number of phenolic OH excluding ortho intramolecular Hbond substituents is 1. The number of halogens is 2. The average Bonchev–Trinajstić information content (AvgIpc) is 2.74. The Bertz CT molecular complexity index is 1050. The highest BCUT2D eigenvalue weighted by molar-refractivity contribution is 6.31. The van der Waals surface area contributed by atoms with Crippen LogP contribution >= 0.6 is 23.2 Å². The molecule has 3 aromatic carbocycles. The predicted octanol–water partition coefficient (Wildman–Crippen LogP) is 5.93. The van der Waals surface area contributed by atoms with E-state index in [4.69, 9.17) is 32.9 Å². The SMILES string of the molecule is COc1cccc([C@H]2CC(c3ccc(Cl)cc3)=N[C@H](c3ccccc3Cl)N2)c1O. The van der Waals surface area contributed by atoms with E-state index in [1.165, 1.54) is 0 Å². The number of nitrogens with zero attached hydrogens (tertiary/aromatic N) is 1. The van der Waals surface area contributed by atoms with Crippen molar-refractivity contribution < 1.29 is 9.84 Å². The van der Waals surface area contributed by atoms with Gasteiger partial charge in [-0.15, -0.1) is 0 Å². The van der Waals surface area contributed by atoms with Gasteiger partial charge in [-0.3, -0.25) is 10.3 Å². The van der Waals surface area contributed by atoms with Gasteiger partial charge in [0.15, 0.2) is 11.5 Å². The van der Waals surface area contributed by atoms with Gasteiger partial charge in [-0.1, -0.05) is 65.7 Å². The molecule has 2 N–H and O–H groups in total. The minimum Gasteiger partial charge on any atom is -0.504 e. The molecule has 0 spiro atoms. The molecule has 0 saturated carbocycles. The summed E-state index contributed by atoms with van der Waals surface area (Å²) >= 11 is 12.5. The molecule has 4 nitrogen and oxygen atoms in total. The lowest BCUT2D eigenvalue weighted by atomic mass is 9.93. The molecule has 0 saturated heterocycles. The molecule has 0 aliphatic carbocycles. The second-order valence-corrected chi connectivity index (χ2v) is 7.67. The molecule has 29 heavy (non-hydrogen) atoms. The normalized spacial score (nSPS) is 18.9. The van der Waals surface area contributed by atoms with E-state index in [-0.39, 0.29) is 18.0 Å². The van der Waals surface area contributed by atoms with Crippen LogP contribution in [0.5, 0.6) is 11.5 Å². The number of aromatic hydroxyl groups is 1. The van der Waals surface area contributed by atoms with E-state index in [1.54, 1.807) is 13.2 Å². The molecule has 0 bridgehead atoms. The first-order valence-corrected chi connectivity index (χ1v) is 10.0. The number of benzene rings is 3. The molecule has 6 heteroatoms. The summed E-state index contributed by atoms with van der Waals surface area (Å²) in [6, 6.07) is 20.6. The largest absolute Gasteiger partial charge is 0.504 e. The minimum absolute atomic E-state index is 0.128. The number of phenols is 1. The van der Waals surface area contributed by atoms with Crippen molar-refractivity contribution >= 4 is 28.9 Å². The summed E-state index contributed by atoms with van der Waals surface area (Å²) in [4.78, 5) is 4.93. The number of para-hydroxylation sites is 1. The molecular weight excluding hydrogens is 407 g/mol. The number of aliphatic imine (C=N–C) groups is 1. The van der Waals surface area contributed by atoms with Gasteiger partial charge in [0.05, 0.1) is 7.11 Å². The molecule has 0 aromatic heterocycles.